The highest BCUT2D eigenvalue weighted by atomic mass is 16.5. The molecule has 2 aromatic carbocycles. The summed E-state index contributed by atoms with van der Waals surface area (Å²) in [5.41, 5.74) is 4.80. The van der Waals surface area contributed by atoms with Gasteiger partial charge in [-0.15, -0.1) is 10.2 Å². The largest absolute Gasteiger partial charge is 0.378 e. The minimum Gasteiger partial charge on any atom is -0.378 e. The fourth-order valence-electron chi connectivity index (χ4n) is 4.06. The van der Waals surface area contributed by atoms with E-state index in [0.29, 0.717) is 19.2 Å². The summed E-state index contributed by atoms with van der Waals surface area (Å²) in [6.07, 6.45) is 3.44. The first-order valence-corrected chi connectivity index (χ1v) is 11.1. The Balaban J connectivity index is 1.36. The maximum Gasteiger partial charge on any atom is 0.228 e. The third kappa shape index (κ3) is 3.95. The monoisotopic (exact) mass is 453 g/mol. The Kier molecular flexibility index (Phi) is 5.11. The van der Waals surface area contributed by atoms with Crippen molar-refractivity contribution < 1.29 is 4.74 Å². The molecule has 0 atom stereocenters. The van der Waals surface area contributed by atoms with Gasteiger partial charge in [-0.25, -0.2) is 4.98 Å². The molecule has 1 aliphatic rings. The average molecular weight is 454 g/mol. The van der Waals surface area contributed by atoms with Gasteiger partial charge in [-0.3, -0.25) is 4.68 Å². The van der Waals surface area contributed by atoms with Crippen molar-refractivity contribution in [3.05, 3.63) is 61.1 Å². The van der Waals surface area contributed by atoms with Crippen molar-refractivity contribution in [3.63, 3.8) is 0 Å². The summed E-state index contributed by atoms with van der Waals surface area (Å²) in [6, 6.07) is 16.2. The van der Waals surface area contributed by atoms with E-state index in [-0.39, 0.29) is 0 Å². The molecule has 5 aromatic rings. The Morgan fingerprint density at radius 2 is 1.79 bits per heavy atom. The maximum absolute atomic E-state index is 5.52. The molecule has 170 valence electrons. The van der Waals surface area contributed by atoms with Gasteiger partial charge in [0.1, 0.15) is 12.1 Å². The van der Waals surface area contributed by atoms with E-state index in [2.05, 4.69) is 48.7 Å². The van der Waals surface area contributed by atoms with Gasteiger partial charge < -0.3 is 19.9 Å². The molecule has 1 aliphatic heterocycles. The van der Waals surface area contributed by atoms with Crippen molar-refractivity contribution in [2.45, 2.75) is 0 Å². The second kappa shape index (κ2) is 8.56. The van der Waals surface area contributed by atoms with E-state index < -0.39 is 0 Å². The summed E-state index contributed by atoms with van der Waals surface area (Å²) in [5, 5.41) is 16.8. The van der Waals surface area contributed by atoms with Crippen LogP contribution in [0.3, 0.4) is 0 Å². The van der Waals surface area contributed by atoms with E-state index in [4.69, 9.17) is 14.7 Å². The number of H-pyrrole nitrogens is 1. The second-order valence-corrected chi connectivity index (χ2v) is 8.12. The molecule has 2 N–H and O–H groups in total. The van der Waals surface area contributed by atoms with Crippen LogP contribution in [0.2, 0.25) is 0 Å². The normalized spacial score (nSPS) is 14.0. The fraction of sp³-hybridized carbons (Fsp3) is 0.208. The quantitative estimate of drug-likeness (QED) is 0.417. The lowest BCUT2D eigenvalue weighted by Gasteiger charge is -2.27. The maximum atomic E-state index is 5.52. The SMILES string of the molecule is Cn1ncc2ccc(-c3cc(Nc4ccc(-c5nnc[nH]5)cc4)nc(N4CCOCC4)n3)cc21. The molecule has 4 heterocycles. The van der Waals surface area contributed by atoms with Crippen LogP contribution in [-0.4, -0.2) is 61.2 Å². The molecule has 1 fully saturated rings. The summed E-state index contributed by atoms with van der Waals surface area (Å²) in [5.74, 6) is 2.15. The molecule has 0 aliphatic carbocycles. The Morgan fingerprint density at radius 3 is 2.59 bits per heavy atom. The Labute approximate surface area is 195 Å². The van der Waals surface area contributed by atoms with Gasteiger partial charge in [-0.2, -0.15) is 10.1 Å². The zero-order chi connectivity index (χ0) is 22.9. The number of hydrogen-bond donors (Lipinski definition) is 2. The van der Waals surface area contributed by atoms with Crippen LogP contribution in [0.25, 0.3) is 33.5 Å². The molecule has 1 saturated heterocycles. The van der Waals surface area contributed by atoms with Crippen molar-refractivity contribution in [2.75, 3.05) is 36.5 Å². The summed E-state index contributed by atoms with van der Waals surface area (Å²) >= 11 is 0. The highest BCUT2D eigenvalue weighted by Gasteiger charge is 2.17. The molecule has 3 aromatic heterocycles. The van der Waals surface area contributed by atoms with Crippen molar-refractivity contribution in [3.8, 4) is 22.6 Å². The highest BCUT2D eigenvalue weighted by Crippen LogP contribution is 2.28. The number of aromatic nitrogens is 7. The zero-order valence-electron chi connectivity index (χ0n) is 18.6. The lowest BCUT2D eigenvalue weighted by atomic mass is 10.1. The Morgan fingerprint density at radius 1 is 0.971 bits per heavy atom. The number of aryl methyl sites for hydroxylation is 1. The molecule has 0 spiro atoms. The number of aromatic amines is 1. The number of rotatable bonds is 5. The third-order valence-corrected chi connectivity index (χ3v) is 5.90. The van der Waals surface area contributed by atoms with Crippen molar-refractivity contribution in [2.24, 2.45) is 7.05 Å². The highest BCUT2D eigenvalue weighted by molar-refractivity contribution is 5.84. The van der Waals surface area contributed by atoms with Crippen LogP contribution in [0, 0.1) is 0 Å². The van der Waals surface area contributed by atoms with Crippen LogP contribution in [0.1, 0.15) is 0 Å². The van der Waals surface area contributed by atoms with Gasteiger partial charge in [-0.1, -0.05) is 12.1 Å². The van der Waals surface area contributed by atoms with Crippen molar-refractivity contribution in [1.82, 2.24) is 34.9 Å². The summed E-state index contributed by atoms with van der Waals surface area (Å²) in [7, 11) is 1.95. The number of benzene rings is 2. The fourth-order valence-corrected chi connectivity index (χ4v) is 4.06. The predicted octanol–water partition coefficient (Wildman–Crippen LogP) is 3.40. The number of ether oxygens (including phenoxy) is 1. The second-order valence-electron chi connectivity index (χ2n) is 8.12. The summed E-state index contributed by atoms with van der Waals surface area (Å²) in [4.78, 5) is 14.9. The first-order valence-electron chi connectivity index (χ1n) is 11.1. The summed E-state index contributed by atoms with van der Waals surface area (Å²) < 4.78 is 7.39. The van der Waals surface area contributed by atoms with E-state index in [0.717, 1.165) is 58.1 Å². The molecule has 0 saturated carbocycles. The molecule has 0 bridgehead atoms. The van der Waals surface area contributed by atoms with Gasteiger partial charge >= 0.3 is 0 Å². The lowest BCUT2D eigenvalue weighted by molar-refractivity contribution is 0.122. The van der Waals surface area contributed by atoms with Gasteiger partial charge in [0.2, 0.25) is 5.95 Å². The lowest BCUT2D eigenvalue weighted by Crippen LogP contribution is -2.37. The zero-order valence-corrected chi connectivity index (χ0v) is 18.6. The molecule has 0 radical (unpaired) electrons. The van der Waals surface area contributed by atoms with E-state index in [9.17, 15) is 0 Å². The van der Waals surface area contributed by atoms with Crippen molar-refractivity contribution >= 4 is 28.4 Å². The minimum atomic E-state index is 0.667. The van der Waals surface area contributed by atoms with Crippen LogP contribution in [0.5, 0.6) is 0 Å². The minimum absolute atomic E-state index is 0.667. The topological polar surface area (TPSA) is 110 Å². The third-order valence-electron chi connectivity index (χ3n) is 5.90. The Hall–Kier alpha value is -4.31. The van der Waals surface area contributed by atoms with Crippen LogP contribution in [0.15, 0.2) is 61.1 Å². The van der Waals surface area contributed by atoms with Gasteiger partial charge in [0.05, 0.1) is 30.6 Å². The number of fused-ring (bicyclic) bond motifs is 1. The number of nitrogens with one attached hydrogen (secondary N) is 2. The van der Waals surface area contributed by atoms with E-state index in [1.807, 2.05) is 48.3 Å². The van der Waals surface area contributed by atoms with Gasteiger partial charge in [0.25, 0.3) is 0 Å². The molecule has 0 amide bonds. The Bertz CT molecular complexity index is 1420. The molecule has 10 heteroatoms. The summed E-state index contributed by atoms with van der Waals surface area (Å²) in [6.45, 7) is 2.85. The number of nitrogens with zero attached hydrogens (tertiary/aromatic N) is 7. The van der Waals surface area contributed by atoms with E-state index in [1.165, 1.54) is 0 Å². The van der Waals surface area contributed by atoms with Crippen LogP contribution in [0.4, 0.5) is 17.5 Å². The van der Waals surface area contributed by atoms with Crippen molar-refractivity contribution in [1.29, 1.82) is 0 Å². The standard InChI is InChI=1S/C24H23N9O/c1-32-21-12-17(2-3-18(21)14-27-32)20-13-22(30-24(29-20)33-8-10-34-11-9-33)28-19-6-4-16(5-7-19)23-25-15-26-31-23/h2-7,12-15H,8-11H2,1H3,(H,25,26,31)(H,28,29,30). The van der Waals surface area contributed by atoms with Crippen LogP contribution < -0.4 is 10.2 Å². The molecule has 10 nitrogen and oxygen atoms in total. The van der Waals surface area contributed by atoms with Crippen LogP contribution in [-0.2, 0) is 11.8 Å². The van der Waals surface area contributed by atoms with E-state index in [1.54, 1.807) is 6.33 Å². The van der Waals surface area contributed by atoms with E-state index >= 15 is 0 Å². The smallest absolute Gasteiger partial charge is 0.228 e. The molecular formula is C24H23N9O. The predicted molar refractivity (Wildman–Crippen MR) is 130 cm³/mol. The molecular weight excluding hydrogens is 430 g/mol. The molecule has 34 heavy (non-hydrogen) atoms. The van der Waals surface area contributed by atoms with Crippen LogP contribution >= 0.6 is 0 Å². The number of morpholine rings is 1. The molecule has 0 unspecified atom stereocenters. The molecule has 6 rings (SSSR count). The van der Waals surface area contributed by atoms with Gasteiger partial charge in [-0.05, 0) is 30.3 Å². The number of anilines is 3. The first-order chi connectivity index (χ1) is 16.7. The van der Waals surface area contributed by atoms with Gasteiger partial charge in [0.15, 0.2) is 5.82 Å². The average Bonchev–Trinajstić information content (AvgIpc) is 3.55. The first kappa shape index (κ1) is 20.3. The van der Waals surface area contributed by atoms with Gasteiger partial charge in [0, 0.05) is 48.4 Å². The number of hydrogen-bond acceptors (Lipinski definition) is 8.